The molecule has 0 aliphatic carbocycles. The molecule has 5 nitrogen and oxygen atoms in total. The van der Waals surface area contributed by atoms with E-state index in [0.717, 1.165) is 24.2 Å². The number of benzene rings is 1. The fourth-order valence-corrected chi connectivity index (χ4v) is 2.87. The third-order valence-electron chi connectivity index (χ3n) is 3.94. The van der Waals surface area contributed by atoms with Crippen molar-refractivity contribution in [2.24, 2.45) is 0 Å². The van der Waals surface area contributed by atoms with Gasteiger partial charge in [-0.2, -0.15) is 8.78 Å². The van der Waals surface area contributed by atoms with Gasteiger partial charge in [-0.1, -0.05) is 35.3 Å². The summed E-state index contributed by atoms with van der Waals surface area (Å²) in [5.74, 6) is 1.07. The van der Waals surface area contributed by atoms with Crippen molar-refractivity contribution in [2.45, 2.75) is 18.7 Å². The Bertz CT molecular complexity index is 998. The van der Waals surface area contributed by atoms with Crippen molar-refractivity contribution in [1.29, 1.82) is 0 Å². The number of hydrogen-bond acceptors (Lipinski definition) is 5. The number of aryl methyl sites for hydroxylation is 1. The van der Waals surface area contributed by atoms with Crippen LogP contribution < -0.4 is 10.1 Å². The van der Waals surface area contributed by atoms with E-state index in [4.69, 9.17) is 39.5 Å². The lowest BCUT2D eigenvalue weighted by atomic mass is 10.1. The second-order valence-electron chi connectivity index (χ2n) is 6.05. The fraction of sp³-hybridized carbons (Fsp3) is 0.211. The first-order chi connectivity index (χ1) is 13.7. The van der Waals surface area contributed by atoms with E-state index in [0.29, 0.717) is 28.8 Å². The number of alkyl halides is 3. The maximum atomic E-state index is 13.1. The topological polar surface area (TPSA) is 59.9 Å². The van der Waals surface area contributed by atoms with Gasteiger partial charge in [0.25, 0.3) is 0 Å². The minimum Gasteiger partial charge on any atom is -0.438 e. The highest BCUT2D eigenvalue weighted by molar-refractivity contribution is 6.33. The van der Waals surface area contributed by atoms with Crippen molar-refractivity contribution in [3.05, 3.63) is 69.7 Å². The molecule has 0 aliphatic heterocycles. The van der Waals surface area contributed by atoms with E-state index in [1.54, 1.807) is 12.1 Å². The number of nitrogens with one attached hydrogen (secondary N) is 1. The molecule has 0 saturated carbocycles. The van der Waals surface area contributed by atoms with Crippen LogP contribution in [-0.4, -0.2) is 21.5 Å². The summed E-state index contributed by atoms with van der Waals surface area (Å²) in [6.07, 6.45) is 3.10. The molecule has 1 aromatic carbocycles. The standard InChI is InChI=1S/C19H15Cl3F2N4O/c1-11-16(21)17(28-10-27-11)25-7-6-12-2-4-14(5-3-12)29-18-15(20)8-13(9-26-18)19(22,23)24/h2-5,8-10H,6-7H2,1H3,(H,25,27,28). The molecule has 0 radical (unpaired) electrons. The SMILES string of the molecule is Cc1ncnc(NCCc2ccc(Oc3ncc(C(F)(F)Cl)cc3Cl)cc2)c1Cl. The molecule has 0 atom stereocenters. The summed E-state index contributed by atoms with van der Waals surface area (Å²) in [5, 5.41) is 0.0624. The van der Waals surface area contributed by atoms with E-state index in [9.17, 15) is 8.78 Å². The van der Waals surface area contributed by atoms with E-state index in [1.165, 1.54) is 6.33 Å². The largest absolute Gasteiger partial charge is 0.438 e. The molecule has 0 saturated heterocycles. The molecule has 29 heavy (non-hydrogen) atoms. The first kappa shape index (κ1) is 21.5. The lowest BCUT2D eigenvalue weighted by molar-refractivity contribution is 0.0946. The van der Waals surface area contributed by atoms with E-state index >= 15 is 0 Å². The second kappa shape index (κ2) is 9.07. The summed E-state index contributed by atoms with van der Waals surface area (Å²) < 4.78 is 31.7. The number of hydrogen-bond donors (Lipinski definition) is 1. The lowest BCUT2D eigenvalue weighted by Crippen LogP contribution is -2.07. The molecule has 152 valence electrons. The van der Waals surface area contributed by atoms with Crippen molar-refractivity contribution >= 4 is 40.6 Å². The van der Waals surface area contributed by atoms with Crippen LogP contribution in [0.25, 0.3) is 0 Å². The first-order valence-corrected chi connectivity index (χ1v) is 9.58. The van der Waals surface area contributed by atoms with Crippen LogP contribution >= 0.6 is 34.8 Å². The van der Waals surface area contributed by atoms with E-state index < -0.39 is 10.9 Å². The molecule has 0 amide bonds. The summed E-state index contributed by atoms with van der Waals surface area (Å²) in [7, 11) is 0. The zero-order valence-electron chi connectivity index (χ0n) is 15.1. The van der Waals surface area contributed by atoms with Gasteiger partial charge in [-0.3, -0.25) is 0 Å². The summed E-state index contributed by atoms with van der Waals surface area (Å²) in [4.78, 5) is 11.9. The molecule has 0 fully saturated rings. The van der Waals surface area contributed by atoms with Gasteiger partial charge in [0.15, 0.2) is 0 Å². The van der Waals surface area contributed by atoms with Crippen molar-refractivity contribution in [1.82, 2.24) is 15.0 Å². The summed E-state index contributed by atoms with van der Waals surface area (Å²) in [6, 6.07) is 8.24. The highest BCUT2D eigenvalue weighted by atomic mass is 35.5. The average molecular weight is 460 g/mol. The molecule has 3 rings (SSSR count). The number of nitrogens with zero attached hydrogens (tertiary/aromatic N) is 3. The lowest BCUT2D eigenvalue weighted by Gasteiger charge is -2.11. The monoisotopic (exact) mass is 458 g/mol. The molecule has 1 N–H and O–H groups in total. The Balaban J connectivity index is 1.58. The summed E-state index contributed by atoms with van der Waals surface area (Å²) in [6.45, 7) is 2.43. The molecule has 3 aromatic rings. The van der Waals surface area contributed by atoms with Crippen molar-refractivity contribution in [3.8, 4) is 11.6 Å². The summed E-state index contributed by atoms with van der Waals surface area (Å²) in [5.41, 5.74) is 1.25. The second-order valence-corrected chi connectivity index (χ2v) is 7.31. The van der Waals surface area contributed by atoms with Gasteiger partial charge in [0.1, 0.15) is 27.9 Å². The molecule has 10 heteroatoms. The predicted molar refractivity (Wildman–Crippen MR) is 109 cm³/mol. The third-order valence-corrected chi connectivity index (χ3v) is 4.88. The smallest absolute Gasteiger partial charge is 0.349 e. The number of pyridine rings is 1. The van der Waals surface area contributed by atoms with Gasteiger partial charge >= 0.3 is 5.38 Å². The van der Waals surface area contributed by atoms with Gasteiger partial charge in [-0.25, -0.2) is 15.0 Å². The van der Waals surface area contributed by atoms with Crippen LogP contribution in [0.5, 0.6) is 11.6 Å². The number of halogens is 5. The van der Waals surface area contributed by atoms with E-state index in [2.05, 4.69) is 20.3 Å². The highest BCUT2D eigenvalue weighted by Gasteiger charge is 2.29. The number of aromatic nitrogens is 3. The summed E-state index contributed by atoms with van der Waals surface area (Å²) >= 11 is 17.1. The van der Waals surface area contributed by atoms with Gasteiger partial charge in [0, 0.05) is 12.7 Å². The van der Waals surface area contributed by atoms with Crippen LogP contribution in [0.4, 0.5) is 14.6 Å². The number of anilines is 1. The van der Waals surface area contributed by atoms with Gasteiger partial charge in [0.05, 0.1) is 11.3 Å². The molecule has 0 bridgehead atoms. The zero-order chi connectivity index (χ0) is 21.0. The maximum absolute atomic E-state index is 13.1. The Labute approximate surface area is 181 Å². The van der Waals surface area contributed by atoms with Crippen LogP contribution in [0, 0.1) is 6.92 Å². The maximum Gasteiger partial charge on any atom is 0.349 e. The fourth-order valence-electron chi connectivity index (χ4n) is 2.40. The predicted octanol–water partition coefficient (Wildman–Crippen LogP) is 6.22. The number of rotatable bonds is 7. The first-order valence-electron chi connectivity index (χ1n) is 8.44. The van der Waals surface area contributed by atoms with Gasteiger partial charge < -0.3 is 10.1 Å². The molecule has 0 spiro atoms. The third kappa shape index (κ3) is 5.65. The minimum atomic E-state index is -3.54. The van der Waals surface area contributed by atoms with Crippen molar-refractivity contribution in [2.75, 3.05) is 11.9 Å². The van der Waals surface area contributed by atoms with Gasteiger partial charge in [-0.05, 0) is 48.7 Å². The molecule has 2 aromatic heterocycles. The average Bonchev–Trinajstić information content (AvgIpc) is 2.67. The van der Waals surface area contributed by atoms with Gasteiger partial charge in [0.2, 0.25) is 5.88 Å². The Morgan fingerprint density at radius 2 is 1.83 bits per heavy atom. The Morgan fingerprint density at radius 3 is 2.48 bits per heavy atom. The Kier molecular flexibility index (Phi) is 6.72. The van der Waals surface area contributed by atoms with Crippen LogP contribution in [0.15, 0.2) is 42.9 Å². The Hall–Kier alpha value is -2.22. The number of ether oxygens (including phenoxy) is 1. The van der Waals surface area contributed by atoms with Crippen molar-refractivity contribution in [3.63, 3.8) is 0 Å². The Morgan fingerprint density at radius 1 is 1.10 bits per heavy atom. The minimum absolute atomic E-state index is 0.0134. The molecule has 2 heterocycles. The molecular formula is C19H15Cl3F2N4O. The molecular weight excluding hydrogens is 445 g/mol. The van der Waals surface area contributed by atoms with Gasteiger partial charge in [-0.15, -0.1) is 0 Å². The van der Waals surface area contributed by atoms with Crippen LogP contribution in [-0.2, 0) is 11.8 Å². The quantitative estimate of drug-likeness (QED) is 0.425. The highest BCUT2D eigenvalue weighted by Crippen LogP contribution is 2.36. The zero-order valence-corrected chi connectivity index (χ0v) is 17.4. The van der Waals surface area contributed by atoms with Crippen LogP contribution in [0.2, 0.25) is 10.0 Å². The normalized spacial score (nSPS) is 11.4. The molecule has 0 unspecified atom stereocenters. The van der Waals surface area contributed by atoms with Crippen molar-refractivity contribution < 1.29 is 13.5 Å². The van der Waals surface area contributed by atoms with E-state index in [-0.39, 0.29) is 10.9 Å². The van der Waals surface area contributed by atoms with Crippen LogP contribution in [0.3, 0.4) is 0 Å². The molecule has 0 aliphatic rings. The van der Waals surface area contributed by atoms with E-state index in [1.807, 2.05) is 19.1 Å². The van der Waals surface area contributed by atoms with Crippen LogP contribution in [0.1, 0.15) is 16.8 Å².